The molecule has 0 bridgehead atoms. The molecular weight excluding hydrogens is 588 g/mol. The predicted octanol–water partition coefficient (Wildman–Crippen LogP) is 5.35. The molecule has 1 amide bonds. The first-order valence-corrected chi connectivity index (χ1v) is 13.2. The lowest BCUT2D eigenvalue weighted by atomic mass is 10.00. The average Bonchev–Trinajstić information content (AvgIpc) is 3.59. The highest BCUT2D eigenvalue weighted by atomic mass is 79.9. The minimum atomic E-state index is -0.104. The molecule has 0 radical (unpaired) electrons. The Morgan fingerprint density at radius 3 is 2.72 bits per heavy atom. The number of nitrogens with zero attached hydrogens (tertiary/aromatic N) is 6. The molecule has 0 saturated carbocycles. The highest BCUT2D eigenvalue weighted by Crippen LogP contribution is 2.30. The lowest BCUT2D eigenvalue weighted by molar-refractivity contribution is 0.0700. The van der Waals surface area contributed by atoms with Crippen molar-refractivity contribution in [3.05, 3.63) is 97.8 Å². The molecule has 6 rings (SSSR count). The molecule has 3 aromatic heterocycles. The number of carbonyl (C=O) groups excluding carboxylic acids is 1. The monoisotopic (exact) mass is 608 g/mol. The van der Waals surface area contributed by atoms with Gasteiger partial charge in [0.2, 0.25) is 0 Å². The first-order valence-electron chi connectivity index (χ1n) is 11.6. The summed E-state index contributed by atoms with van der Waals surface area (Å²) in [6.07, 6.45) is 2.71. The molecule has 36 heavy (non-hydrogen) atoms. The van der Waals surface area contributed by atoms with E-state index < -0.39 is 0 Å². The van der Waals surface area contributed by atoms with Crippen LogP contribution in [0.4, 0.5) is 0 Å². The van der Waals surface area contributed by atoms with Gasteiger partial charge in [0.1, 0.15) is 23.8 Å². The molecule has 0 fully saturated rings. The molecule has 0 N–H and O–H groups in total. The van der Waals surface area contributed by atoms with Crippen molar-refractivity contribution in [3.63, 3.8) is 0 Å². The molecule has 5 aromatic rings. The molecule has 0 spiro atoms. The zero-order valence-electron chi connectivity index (χ0n) is 19.5. The summed E-state index contributed by atoms with van der Waals surface area (Å²) in [7, 11) is 0. The van der Waals surface area contributed by atoms with E-state index in [9.17, 15) is 4.79 Å². The summed E-state index contributed by atoms with van der Waals surface area (Å²) in [5.74, 6) is 1.82. The fourth-order valence-electron chi connectivity index (χ4n) is 4.66. The number of carbonyl (C=O) groups is 1. The number of para-hydroxylation sites is 2. The molecule has 182 valence electrons. The lowest BCUT2D eigenvalue weighted by Gasteiger charge is -2.28. The Morgan fingerprint density at radius 2 is 1.86 bits per heavy atom. The highest BCUT2D eigenvalue weighted by molar-refractivity contribution is 9.13. The second kappa shape index (κ2) is 9.33. The van der Waals surface area contributed by atoms with E-state index in [1.54, 1.807) is 10.7 Å². The van der Waals surface area contributed by atoms with Crippen LogP contribution in [0.2, 0.25) is 0 Å². The van der Waals surface area contributed by atoms with Gasteiger partial charge in [0.15, 0.2) is 5.76 Å². The minimum Gasteiger partial charge on any atom is -0.454 e. The van der Waals surface area contributed by atoms with Crippen molar-refractivity contribution in [1.29, 1.82) is 0 Å². The number of aryl methyl sites for hydroxylation is 1. The van der Waals surface area contributed by atoms with E-state index in [1.807, 2.05) is 42.3 Å². The molecule has 0 unspecified atom stereocenters. The minimum absolute atomic E-state index is 0.104. The average molecular weight is 610 g/mol. The van der Waals surface area contributed by atoms with E-state index in [2.05, 4.69) is 69.9 Å². The Bertz CT molecular complexity index is 1600. The summed E-state index contributed by atoms with van der Waals surface area (Å²) in [5.41, 5.74) is 5.27. The van der Waals surface area contributed by atoms with Gasteiger partial charge in [-0.2, -0.15) is 0 Å². The molecule has 2 aromatic carbocycles. The first kappa shape index (κ1) is 23.2. The van der Waals surface area contributed by atoms with Crippen molar-refractivity contribution in [3.8, 4) is 0 Å². The SMILES string of the molecule is Cc1nc2ccccc2n1Cc1cn(Cc2ccc(C(=O)N3CCc4cc(Br)c(Br)cc4C3)o2)nn1. The summed E-state index contributed by atoms with van der Waals surface area (Å²) in [5, 5.41) is 8.58. The number of aromatic nitrogens is 5. The number of fused-ring (bicyclic) bond motifs is 2. The van der Waals surface area contributed by atoms with Crippen LogP contribution in [0, 0.1) is 6.92 Å². The van der Waals surface area contributed by atoms with Crippen LogP contribution in [-0.2, 0) is 26.1 Å². The third kappa shape index (κ3) is 4.39. The van der Waals surface area contributed by atoms with E-state index >= 15 is 0 Å². The van der Waals surface area contributed by atoms with E-state index in [4.69, 9.17) is 4.42 Å². The molecular formula is C26H22Br2N6O2. The van der Waals surface area contributed by atoms with Crippen molar-refractivity contribution in [2.45, 2.75) is 33.0 Å². The number of hydrogen-bond donors (Lipinski definition) is 0. The number of halogens is 2. The van der Waals surface area contributed by atoms with Gasteiger partial charge in [-0.05, 0) is 92.7 Å². The van der Waals surface area contributed by atoms with Crippen LogP contribution in [0.5, 0.6) is 0 Å². The summed E-state index contributed by atoms with van der Waals surface area (Å²) in [6, 6.07) is 15.8. The van der Waals surface area contributed by atoms with Gasteiger partial charge in [-0.15, -0.1) is 5.10 Å². The maximum atomic E-state index is 13.1. The van der Waals surface area contributed by atoms with Crippen molar-refractivity contribution in [2.24, 2.45) is 0 Å². The number of amides is 1. The maximum Gasteiger partial charge on any atom is 0.289 e. The zero-order chi connectivity index (χ0) is 24.8. The molecule has 1 aliphatic rings. The zero-order valence-corrected chi connectivity index (χ0v) is 22.7. The Labute approximate surface area is 224 Å². The molecule has 0 atom stereocenters. The summed E-state index contributed by atoms with van der Waals surface area (Å²) >= 11 is 7.11. The second-order valence-corrected chi connectivity index (χ2v) is 10.6. The largest absolute Gasteiger partial charge is 0.454 e. The molecule has 0 saturated heterocycles. The van der Waals surface area contributed by atoms with Gasteiger partial charge in [-0.25, -0.2) is 9.67 Å². The topological polar surface area (TPSA) is 82.0 Å². The van der Waals surface area contributed by atoms with E-state index in [1.165, 1.54) is 5.56 Å². The van der Waals surface area contributed by atoms with Gasteiger partial charge in [0.25, 0.3) is 5.91 Å². The van der Waals surface area contributed by atoms with Gasteiger partial charge < -0.3 is 13.9 Å². The highest BCUT2D eigenvalue weighted by Gasteiger charge is 2.25. The predicted molar refractivity (Wildman–Crippen MR) is 142 cm³/mol. The van der Waals surface area contributed by atoms with Gasteiger partial charge in [0.05, 0.1) is 23.8 Å². The maximum absolute atomic E-state index is 13.1. The Balaban J connectivity index is 1.13. The Morgan fingerprint density at radius 1 is 1.06 bits per heavy atom. The van der Waals surface area contributed by atoms with Crippen molar-refractivity contribution >= 4 is 48.8 Å². The Kier molecular flexibility index (Phi) is 6.00. The number of imidazole rings is 1. The standard InChI is InChI=1S/C26H22Br2N6O2/c1-16-29-23-4-2-3-5-24(23)34(16)14-19-13-33(31-30-19)15-20-6-7-25(36-20)26(35)32-9-8-17-10-21(27)22(28)11-18(17)12-32/h2-7,10-11,13H,8-9,12,14-15H2,1H3. The molecule has 4 heterocycles. The fourth-order valence-corrected chi connectivity index (χ4v) is 5.44. The molecule has 0 aliphatic carbocycles. The van der Waals surface area contributed by atoms with Crippen molar-refractivity contribution in [2.75, 3.05) is 6.54 Å². The fraction of sp³-hybridized carbons (Fsp3) is 0.231. The van der Waals surface area contributed by atoms with Crippen LogP contribution in [0.3, 0.4) is 0 Å². The van der Waals surface area contributed by atoms with Crippen LogP contribution >= 0.6 is 31.9 Å². The summed E-state index contributed by atoms with van der Waals surface area (Å²) in [4.78, 5) is 19.6. The van der Waals surface area contributed by atoms with Gasteiger partial charge >= 0.3 is 0 Å². The quantitative estimate of drug-likeness (QED) is 0.268. The van der Waals surface area contributed by atoms with Crippen LogP contribution < -0.4 is 0 Å². The van der Waals surface area contributed by atoms with E-state index in [0.717, 1.165) is 43.5 Å². The number of furan rings is 1. The van der Waals surface area contributed by atoms with Crippen LogP contribution in [-0.4, -0.2) is 41.9 Å². The molecule has 10 heteroatoms. The normalized spacial score (nSPS) is 13.4. The molecule has 8 nitrogen and oxygen atoms in total. The summed E-state index contributed by atoms with van der Waals surface area (Å²) in [6.45, 7) is 4.19. The van der Waals surface area contributed by atoms with E-state index in [-0.39, 0.29) is 5.91 Å². The van der Waals surface area contributed by atoms with E-state index in [0.29, 0.717) is 37.7 Å². The van der Waals surface area contributed by atoms with Crippen molar-refractivity contribution in [1.82, 2.24) is 29.4 Å². The second-order valence-electron chi connectivity index (χ2n) is 8.92. The summed E-state index contributed by atoms with van der Waals surface area (Å²) < 4.78 is 11.8. The number of rotatable bonds is 5. The Hall–Kier alpha value is -3.24. The van der Waals surface area contributed by atoms with Gasteiger partial charge in [-0.1, -0.05) is 17.3 Å². The number of hydrogen-bond acceptors (Lipinski definition) is 5. The van der Waals surface area contributed by atoms with Gasteiger partial charge in [-0.3, -0.25) is 4.79 Å². The van der Waals surface area contributed by atoms with Crippen LogP contribution in [0.15, 0.2) is 68.1 Å². The van der Waals surface area contributed by atoms with Crippen molar-refractivity contribution < 1.29 is 9.21 Å². The van der Waals surface area contributed by atoms with Crippen LogP contribution in [0.25, 0.3) is 11.0 Å². The molecule has 1 aliphatic heterocycles. The lowest BCUT2D eigenvalue weighted by Crippen LogP contribution is -2.35. The first-order chi connectivity index (χ1) is 17.4. The third-order valence-corrected chi connectivity index (χ3v) is 8.33. The third-order valence-electron chi connectivity index (χ3n) is 6.48. The van der Waals surface area contributed by atoms with Crippen LogP contribution in [0.1, 0.15) is 39.0 Å². The number of benzene rings is 2. The smallest absolute Gasteiger partial charge is 0.289 e. The van der Waals surface area contributed by atoms with Gasteiger partial charge in [0, 0.05) is 22.0 Å².